The molecule has 0 atom stereocenters. The average molecular weight is 293 g/mol. The number of anilines is 1. The molecule has 0 aliphatic heterocycles. The Morgan fingerprint density at radius 3 is 2.47 bits per heavy atom. The first-order valence-electron chi connectivity index (χ1n) is 6.22. The Kier molecular flexibility index (Phi) is 3.69. The molecule has 0 saturated heterocycles. The molecule has 0 spiro atoms. The minimum atomic E-state index is -4.40. The monoisotopic (exact) mass is 292 g/mol. The number of aromatic nitrogens is 1. The zero-order chi connectivity index (χ0) is 14.3. The highest BCUT2D eigenvalue weighted by Gasteiger charge is 2.45. The molecule has 1 heterocycles. The maximum absolute atomic E-state index is 12.6. The van der Waals surface area contributed by atoms with Gasteiger partial charge in [0.15, 0.2) is 0 Å². The Bertz CT molecular complexity index is 467. The van der Waals surface area contributed by atoms with E-state index in [0.29, 0.717) is 12.5 Å². The number of nitrogens with one attached hydrogen (secondary N) is 1. The summed E-state index contributed by atoms with van der Waals surface area (Å²) in [4.78, 5) is 3.89. The normalized spacial score (nSPS) is 17.6. The molecule has 0 aromatic carbocycles. The van der Waals surface area contributed by atoms with Gasteiger partial charge >= 0.3 is 6.18 Å². The standard InChI is InChI=1S/C13H16ClF3N2/c1-8(2)12(3-4-12)7-18-11-6-9(13(15,16)17)5-10(14)19-11/h5-6,8H,3-4,7H2,1-2H3,(H,18,19). The minimum Gasteiger partial charge on any atom is -0.369 e. The van der Waals surface area contributed by atoms with Gasteiger partial charge in [0.05, 0.1) is 5.56 Å². The molecule has 0 amide bonds. The number of hydrogen-bond acceptors (Lipinski definition) is 2. The van der Waals surface area contributed by atoms with Gasteiger partial charge in [0.1, 0.15) is 11.0 Å². The van der Waals surface area contributed by atoms with Gasteiger partial charge in [0.2, 0.25) is 0 Å². The summed E-state index contributed by atoms with van der Waals surface area (Å²) in [7, 11) is 0. The third kappa shape index (κ3) is 3.32. The lowest BCUT2D eigenvalue weighted by molar-refractivity contribution is -0.137. The Morgan fingerprint density at radius 1 is 1.37 bits per heavy atom. The van der Waals surface area contributed by atoms with Crippen LogP contribution in [0.5, 0.6) is 0 Å². The molecular formula is C13H16ClF3N2. The van der Waals surface area contributed by atoms with Gasteiger partial charge in [0, 0.05) is 6.54 Å². The van der Waals surface area contributed by atoms with Crippen molar-refractivity contribution in [3.8, 4) is 0 Å². The van der Waals surface area contributed by atoms with Crippen molar-refractivity contribution in [1.29, 1.82) is 0 Å². The van der Waals surface area contributed by atoms with Crippen molar-refractivity contribution in [2.24, 2.45) is 11.3 Å². The third-order valence-corrected chi connectivity index (χ3v) is 4.05. The summed E-state index contributed by atoms with van der Waals surface area (Å²) >= 11 is 5.63. The zero-order valence-corrected chi connectivity index (χ0v) is 11.6. The zero-order valence-electron chi connectivity index (χ0n) is 10.8. The first-order valence-corrected chi connectivity index (χ1v) is 6.59. The molecule has 1 aromatic heterocycles. The van der Waals surface area contributed by atoms with Crippen molar-refractivity contribution in [3.63, 3.8) is 0 Å². The topological polar surface area (TPSA) is 24.9 Å². The molecule has 1 fully saturated rings. The summed E-state index contributed by atoms with van der Waals surface area (Å²) in [5.74, 6) is 0.688. The number of hydrogen-bond donors (Lipinski definition) is 1. The molecule has 0 unspecified atom stereocenters. The van der Waals surface area contributed by atoms with Crippen LogP contribution in [0.15, 0.2) is 12.1 Å². The van der Waals surface area contributed by atoms with E-state index in [1.165, 1.54) is 0 Å². The number of pyridine rings is 1. The Morgan fingerprint density at radius 2 is 2.00 bits per heavy atom. The van der Waals surface area contributed by atoms with Crippen LogP contribution in [0.25, 0.3) is 0 Å². The summed E-state index contributed by atoms with van der Waals surface area (Å²) in [5, 5.41) is 2.84. The van der Waals surface area contributed by atoms with Gasteiger partial charge < -0.3 is 5.32 Å². The second-order valence-electron chi connectivity index (χ2n) is 5.43. The smallest absolute Gasteiger partial charge is 0.369 e. The molecular weight excluding hydrogens is 277 g/mol. The van der Waals surface area contributed by atoms with Crippen LogP contribution in [0, 0.1) is 11.3 Å². The lowest BCUT2D eigenvalue weighted by atomic mass is 9.92. The van der Waals surface area contributed by atoms with E-state index < -0.39 is 11.7 Å². The van der Waals surface area contributed by atoms with Crippen molar-refractivity contribution >= 4 is 17.4 Å². The molecule has 2 nitrogen and oxygen atoms in total. The molecule has 1 aliphatic rings. The molecule has 6 heteroatoms. The highest BCUT2D eigenvalue weighted by molar-refractivity contribution is 6.29. The fraction of sp³-hybridized carbons (Fsp3) is 0.615. The predicted molar refractivity (Wildman–Crippen MR) is 69.2 cm³/mol. The van der Waals surface area contributed by atoms with Crippen molar-refractivity contribution in [2.75, 3.05) is 11.9 Å². The summed E-state index contributed by atoms with van der Waals surface area (Å²) in [5.41, 5.74) is -0.577. The molecule has 2 rings (SSSR count). The van der Waals surface area contributed by atoms with Gasteiger partial charge in [-0.3, -0.25) is 0 Å². The van der Waals surface area contributed by atoms with Crippen LogP contribution in [0.3, 0.4) is 0 Å². The van der Waals surface area contributed by atoms with E-state index in [9.17, 15) is 13.2 Å². The van der Waals surface area contributed by atoms with Gasteiger partial charge in [0.25, 0.3) is 0 Å². The first-order chi connectivity index (χ1) is 8.73. The minimum absolute atomic E-state index is 0.147. The Hall–Kier alpha value is -0.970. The number of rotatable bonds is 4. The van der Waals surface area contributed by atoms with Crippen LogP contribution in [-0.4, -0.2) is 11.5 Å². The summed E-state index contributed by atoms with van der Waals surface area (Å²) in [6, 6.07) is 1.84. The van der Waals surface area contributed by atoms with Crippen LogP contribution in [0.2, 0.25) is 5.15 Å². The summed E-state index contributed by atoms with van der Waals surface area (Å²) in [6.07, 6.45) is -2.20. The molecule has 0 bridgehead atoms. The molecule has 1 aromatic rings. The van der Waals surface area contributed by atoms with Crippen LogP contribution >= 0.6 is 11.6 Å². The number of nitrogens with zero attached hydrogens (tertiary/aromatic N) is 1. The predicted octanol–water partition coefficient (Wildman–Crippen LogP) is 4.60. The number of halogens is 4. The van der Waals surface area contributed by atoms with E-state index in [1.54, 1.807) is 0 Å². The van der Waals surface area contributed by atoms with Crippen LogP contribution < -0.4 is 5.32 Å². The third-order valence-electron chi connectivity index (χ3n) is 3.86. The fourth-order valence-corrected chi connectivity index (χ4v) is 2.35. The van der Waals surface area contributed by atoms with Crippen LogP contribution in [-0.2, 0) is 6.18 Å². The lowest BCUT2D eigenvalue weighted by Crippen LogP contribution is -2.21. The van der Waals surface area contributed by atoms with E-state index in [2.05, 4.69) is 24.1 Å². The lowest BCUT2D eigenvalue weighted by Gasteiger charge is -2.20. The summed E-state index contributed by atoms with van der Waals surface area (Å²) < 4.78 is 37.9. The van der Waals surface area contributed by atoms with Crippen molar-refractivity contribution in [1.82, 2.24) is 4.98 Å². The van der Waals surface area contributed by atoms with Gasteiger partial charge in [-0.25, -0.2) is 4.98 Å². The SMILES string of the molecule is CC(C)C1(CNc2cc(C(F)(F)F)cc(Cl)n2)CC1. The fourth-order valence-electron chi connectivity index (χ4n) is 2.14. The van der Waals surface area contributed by atoms with E-state index in [1.807, 2.05) is 0 Å². The van der Waals surface area contributed by atoms with Gasteiger partial charge in [-0.15, -0.1) is 0 Å². The first kappa shape index (κ1) is 14.4. The average Bonchev–Trinajstić information content (AvgIpc) is 3.05. The van der Waals surface area contributed by atoms with E-state index in [-0.39, 0.29) is 16.4 Å². The highest BCUT2D eigenvalue weighted by atomic mass is 35.5. The van der Waals surface area contributed by atoms with E-state index >= 15 is 0 Å². The summed E-state index contributed by atoms with van der Waals surface area (Å²) in [6.45, 7) is 4.89. The maximum Gasteiger partial charge on any atom is 0.416 e. The van der Waals surface area contributed by atoms with Gasteiger partial charge in [-0.1, -0.05) is 25.4 Å². The molecule has 1 saturated carbocycles. The Labute approximate surface area is 115 Å². The number of alkyl halides is 3. The van der Waals surface area contributed by atoms with Crippen LogP contribution in [0.4, 0.5) is 19.0 Å². The quantitative estimate of drug-likeness (QED) is 0.820. The van der Waals surface area contributed by atoms with Gasteiger partial charge in [-0.2, -0.15) is 13.2 Å². The molecule has 106 valence electrons. The molecule has 19 heavy (non-hydrogen) atoms. The van der Waals surface area contributed by atoms with Crippen molar-refractivity contribution in [3.05, 3.63) is 22.8 Å². The van der Waals surface area contributed by atoms with E-state index in [4.69, 9.17) is 11.6 Å². The van der Waals surface area contributed by atoms with Crippen molar-refractivity contribution in [2.45, 2.75) is 32.9 Å². The van der Waals surface area contributed by atoms with E-state index in [0.717, 1.165) is 25.0 Å². The molecule has 1 aliphatic carbocycles. The van der Waals surface area contributed by atoms with Crippen molar-refractivity contribution < 1.29 is 13.2 Å². The highest BCUT2D eigenvalue weighted by Crippen LogP contribution is 2.51. The molecule has 0 radical (unpaired) electrons. The second-order valence-corrected chi connectivity index (χ2v) is 5.82. The largest absolute Gasteiger partial charge is 0.416 e. The van der Waals surface area contributed by atoms with Gasteiger partial charge in [-0.05, 0) is 36.3 Å². The van der Waals surface area contributed by atoms with Crippen LogP contribution in [0.1, 0.15) is 32.3 Å². The maximum atomic E-state index is 12.6. The second kappa shape index (κ2) is 4.85. The Balaban J connectivity index is 2.11. The molecule has 1 N–H and O–H groups in total.